The second kappa shape index (κ2) is 5.47. The van der Waals surface area contributed by atoms with Crippen LogP contribution < -0.4 is 10.5 Å². The number of aromatic nitrogens is 4. The summed E-state index contributed by atoms with van der Waals surface area (Å²) in [4.78, 5) is 0.673. The lowest BCUT2D eigenvalue weighted by Crippen LogP contribution is -1.98. The van der Waals surface area contributed by atoms with Crippen LogP contribution in [0.1, 0.15) is 5.82 Å². The molecule has 0 atom stereocenters. The van der Waals surface area contributed by atoms with Crippen LogP contribution in [-0.2, 0) is 11.3 Å². The number of methoxy groups -OCH3 is 2. The van der Waals surface area contributed by atoms with E-state index >= 15 is 0 Å². The Hall–Kier alpha value is -1.90. The molecule has 0 aliphatic heterocycles. The molecule has 0 aliphatic carbocycles. The minimum atomic E-state index is 0.337. The average Bonchev–Trinajstić information content (AvgIpc) is 3.03. The maximum Gasteiger partial charge on any atom is 0.235 e. The van der Waals surface area contributed by atoms with Gasteiger partial charge in [-0.1, -0.05) is 22.9 Å². The fourth-order valence-corrected chi connectivity index (χ4v) is 2.93. The number of hydrogen-bond donors (Lipinski definition) is 1. The van der Waals surface area contributed by atoms with Crippen molar-refractivity contribution in [1.29, 1.82) is 0 Å². The molecule has 3 aromatic rings. The minimum Gasteiger partial charge on any atom is -0.496 e. The molecule has 0 fully saturated rings. The summed E-state index contributed by atoms with van der Waals surface area (Å²) >= 11 is 7.47. The van der Waals surface area contributed by atoms with Crippen molar-refractivity contribution < 1.29 is 9.47 Å². The second-order valence-corrected chi connectivity index (χ2v) is 5.59. The number of halogens is 1. The number of nitrogens with zero attached hydrogens (tertiary/aromatic N) is 4. The Morgan fingerprint density at radius 3 is 2.86 bits per heavy atom. The SMILES string of the molecule is COCc1nnc2sc(-c3cc(Cl)c(N)cc3OC)nn12. The van der Waals surface area contributed by atoms with E-state index in [-0.39, 0.29) is 0 Å². The number of rotatable bonds is 4. The molecular weight excluding hydrogens is 314 g/mol. The van der Waals surface area contributed by atoms with Crippen LogP contribution in [0.5, 0.6) is 5.75 Å². The van der Waals surface area contributed by atoms with Crippen LogP contribution in [0, 0.1) is 0 Å². The number of ether oxygens (including phenoxy) is 2. The number of anilines is 1. The van der Waals surface area contributed by atoms with Crippen molar-refractivity contribution in [3.05, 3.63) is 23.0 Å². The second-order valence-electron chi connectivity index (χ2n) is 4.22. The van der Waals surface area contributed by atoms with E-state index in [2.05, 4.69) is 15.3 Å². The van der Waals surface area contributed by atoms with Crippen LogP contribution in [0.2, 0.25) is 5.02 Å². The zero-order chi connectivity index (χ0) is 15.0. The van der Waals surface area contributed by atoms with Crippen LogP contribution in [-0.4, -0.2) is 34.0 Å². The third-order valence-corrected chi connectivity index (χ3v) is 4.14. The Kier molecular flexibility index (Phi) is 3.66. The van der Waals surface area contributed by atoms with E-state index < -0.39 is 0 Å². The highest BCUT2D eigenvalue weighted by molar-refractivity contribution is 7.19. The predicted octanol–water partition coefficient (Wildman–Crippen LogP) is 2.24. The lowest BCUT2D eigenvalue weighted by molar-refractivity contribution is 0.176. The molecule has 0 amide bonds. The van der Waals surface area contributed by atoms with Crippen LogP contribution in [0.4, 0.5) is 5.69 Å². The van der Waals surface area contributed by atoms with E-state index in [0.717, 1.165) is 10.6 Å². The van der Waals surface area contributed by atoms with Crippen LogP contribution >= 0.6 is 22.9 Å². The molecule has 2 heterocycles. The summed E-state index contributed by atoms with van der Waals surface area (Å²) in [5.41, 5.74) is 7.01. The van der Waals surface area contributed by atoms with E-state index in [1.165, 1.54) is 11.3 Å². The van der Waals surface area contributed by atoms with Crippen molar-refractivity contribution in [1.82, 2.24) is 19.8 Å². The molecule has 110 valence electrons. The monoisotopic (exact) mass is 325 g/mol. The first-order valence-corrected chi connectivity index (χ1v) is 7.17. The van der Waals surface area contributed by atoms with Crippen LogP contribution in [0.15, 0.2) is 12.1 Å². The van der Waals surface area contributed by atoms with Gasteiger partial charge in [0.1, 0.15) is 12.4 Å². The van der Waals surface area contributed by atoms with Crippen molar-refractivity contribution in [3.8, 4) is 16.3 Å². The molecule has 0 aliphatic rings. The van der Waals surface area contributed by atoms with Gasteiger partial charge < -0.3 is 15.2 Å². The minimum absolute atomic E-state index is 0.337. The zero-order valence-corrected chi connectivity index (χ0v) is 12.9. The molecule has 1 aromatic carbocycles. The molecule has 0 saturated carbocycles. The Morgan fingerprint density at radius 1 is 1.33 bits per heavy atom. The van der Waals surface area contributed by atoms with Crippen LogP contribution in [0.3, 0.4) is 0 Å². The van der Waals surface area contributed by atoms with Gasteiger partial charge in [-0.2, -0.15) is 9.61 Å². The average molecular weight is 326 g/mol. The van der Waals surface area contributed by atoms with Crippen molar-refractivity contribution in [2.24, 2.45) is 0 Å². The normalized spacial score (nSPS) is 11.2. The molecule has 0 unspecified atom stereocenters. The Labute approximate surface area is 129 Å². The van der Waals surface area contributed by atoms with E-state index in [1.807, 2.05) is 0 Å². The van der Waals surface area contributed by atoms with Crippen molar-refractivity contribution in [2.45, 2.75) is 6.61 Å². The quantitative estimate of drug-likeness (QED) is 0.740. The highest BCUT2D eigenvalue weighted by Gasteiger charge is 2.17. The fraction of sp³-hybridized carbons (Fsp3) is 0.250. The summed E-state index contributed by atoms with van der Waals surface area (Å²) in [6.45, 7) is 0.337. The summed E-state index contributed by atoms with van der Waals surface area (Å²) in [5, 5.41) is 13.7. The van der Waals surface area contributed by atoms with Gasteiger partial charge in [-0.05, 0) is 6.07 Å². The largest absolute Gasteiger partial charge is 0.496 e. The maximum atomic E-state index is 6.09. The summed E-state index contributed by atoms with van der Waals surface area (Å²) in [6.07, 6.45) is 0. The summed E-state index contributed by atoms with van der Waals surface area (Å²) in [5.74, 6) is 1.24. The lowest BCUT2D eigenvalue weighted by atomic mass is 10.2. The first-order chi connectivity index (χ1) is 10.1. The zero-order valence-electron chi connectivity index (χ0n) is 11.3. The Morgan fingerprint density at radius 2 is 2.14 bits per heavy atom. The molecule has 9 heteroatoms. The summed E-state index contributed by atoms with van der Waals surface area (Å²) in [6, 6.07) is 3.41. The van der Waals surface area contributed by atoms with E-state index in [1.54, 1.807) is 30.9 Å². The lowest BCUT2D eigenvalue weighted by Gasteiger charge is -2.08. The Bertz CT molecular complexity index is 800. The number of nitrogens with two attached hydrogens (primary N) is 1. The first kappa shape index (κ1) is 14.1. The molecule has 21 heavy (non-hydrogen) atoms. The van der Waals surface area contributed by atoms with Gasteiger partial charge in [-0.25, -0.2) is 0 Å². The van der Waals surface area contributed by atoms with Gasteiger partial charge in [-0.3, -0.25) is 0 Å². The first-order valence-electron chi connectivity index (χ1n) is 5.97. The van der Waals surface area contributed by atoms with Crippen LogP contribution in [0.25, 0.3) is 15.5 Å². The number of hydrogen-bond acceptors (Lipinski definition) is 7. The standard InChI is InChI=1S/C12H12ClN5O2S/c1-19-5-10-15-16-12-18(10)17-11(21-12)6-3-7(13)8(14)4-9(6)20-2/h3-4H,5,14H2,1-2H3. The number of fused-ring (bicyclic) bond motifs is 1. The Balaban J connectivity index is 2.14. The van der Waals surface area contributed by atoms with E-state index in [4.69, 9.17) is 26.8 Å². The van der Waals surface area contributed by atoms with E-state index in [0.29, 0.717) is 33.9 Å². The molecule has 7 nitrogen and oxygen atoms in total. The van der Waals surface area contributed by atoms with Gasteiger partial charge in [0.15, 0.2) is 10.8 Å². The van der Waals surface area contributed by atoms with Gasteiger partial charge in [0.05, 0.1) is 23.4 Å². The molecular formula is C12H12ClN5O2S. The molecule has 0 saturated heterocycles. The van der Waals surface area contributed by atoms with Gasteiger partial charge in [0.2, 0.25) is 4.96 Å². The van der Waals surface area contributed by atoms with Crippen molar-refractivity contribution in [3.63, 3.8) is 0 Å². The van der Waals surface area contributed by atoms with Gasteiger partial charge >= 0.3 is 0 Å². The number of benzene rings is 1. The van der Waals surface area contributed by atoms with Gasteiger partial charge in [0, 0.05) is 13.2 Å². The summed E-state index contributed by atoms with van der Waals surface area (Å²) in [7, 11) is 3.17. The predicted molar refractivity (Wildman–Crippen MR) is 80.8 cm³/mol. The topological polar surface area (TPSA) is 87.6 Å². The number of nitrogen functional groups attached to an aromatic ring is 1. The van der Waals surface area contributed by atoms with E-state index in [9.17, 15) is 0 Å². The third kappa shape index (κ3) is 2.41. The molecule has 3 rings (SSSR count). The molecule has 2 N–H and O–H groups in total. The molecule has 0 bridgehead atoms. The van der Waals surface area contributed by atoms with Gasteiger partial charge in [-0.15, -0.1) is 10.2 Å². The van der Waals surface area contributed by atoms with Gasteiger partial charge in [0.25, 0.3) is 0 Å². The highest BCUT2D eigenvalue weighted by Crippen LogP contribution is 2.37. The molecule has 2 aromatic heterocycles. The maximum absolute atomic E-state index is 6.09. The smallest absolute Gasteiger partial charge is 0.235 e. The third-order valence-electron chi connectivity index (χ3n) is 2.88. The fourth-order valence-electron chi connectivity index (χ4n) is 1.89. The van der Waals surface area contributed by atoms with Crippen molar-refractivity contribution in [2.75, 3.05) is 20.0 Å². The van der Waals surface area contributed by atoms with Crippen molar-refractivity contribution >= 4 is 33.6 Å². The molecule has 0 radical (unpaired) electrons. The highest BCUT2D eigenvalue weighted by atomic mass is 35.5. The molecule has 0 spiro atoms. The summed E-state index contributed by atoms with van der Waals surface area (Å²) < 4.78 is 12.1.